The van der Waals surface area contributed by atoms with Gasteiger partial charge >= 0.3 is 6.18 Å². The molecule has 156 valence electrons. The number of nitrogens with one attached hydrogen (secondary N) is 1. The van der Waals surface area contributed by atoms with E-state index in [4.69, 9.17) is 0 Å². The molecule has 1 aliphatic rings. The molecule has 28 heavy (non-hydrogen) atoms. The molecule has 1 fully saturated rings. The summed E-state index contributed by atoms with van der Waals surface area (Å²) in [5.74, 6) is -0.0159. The highest BCUT2D eigenvalue weighted by Gasteiger charge is 2.28. The van der Waals surface area contributed by atoms with Crippen molar-refractivity contribution in [1.29, 1.82) is 0 Å². The minimum atomic E-state index is -4.44. The van der Waals surface area contributed by atoms with Crippen LogP contribution in [0.5, 0.6) is 0 Å². The highest BCUT2D eigenvalue weighted by atomic mass is 19.4. The van der Waals surface area contributed by atoms with Crippen LogP contribution in [0.2, 0.25) is 0 Å². The molecule has 1 heterocycles. The zero-order valence-corrected chi connectivity index (χ0v) is 15.8. The highest BCUT2D eigenvalue weighted by Crippen LogP contribution is 2.29. The van der Waals surface area contributed by atoms with Gasteiger partial charge in [-0.2, -0.15) is 13.2 Å². The zero-order valence-electron chi connectivity index (χ0n) is 15.8. The van der Waals surface area contributed by atoms with Gasteiger partial charge in [-0.1, -0.05) is 6.92 Å². The molecule has 1 unspecified atom stereocenters. The van der Waals surface area contributed by atoms with Gasteiger partial charge in [0.05, 0.1) is 22.8 Å². The molecule has 1 aromatic rings. The van der Waals surface area contributed by atoms with E-state index in [0.29, 0.717) is 11.6 Å². The first-order valence-electron chi connectivity index (χ1n) is 9.05. The first-order valence-corrected chi connectivity index (χ1v) is 9.05. The Bertz CT molecular complexity index is 704. The summed E-state index contributed by atoms with van der Waals surface area (Å²) in [6, 6.07) is 3.41. The van der Waals surface area contributed by atoms with Crippen LogP contribution in [0.25, 0.3) is 0 Å². The van der Waals surface area contributed by atoms with E-state index in [-0.39, 0.29) is 17.9 Å². The number of non-ortho nitro benzene ring substituents is 1. The van der Waals surface area contributed by atoms with Crippen molar-refractivity contribution in [1.82, 2.24) is 5.32 Å². The number of amides is 1. The number of carbonyl (C=O) groups excluding carboxylic acids is 1. The van der Waals surface area contributed by atoms with Gasteiger partial charge in [0.2, 0.25) is 0 Å². The quantitative estimate of drug-likeness (QED) is 0.556. The average molecular weight is 403 g/mol. The van der Waals surface area contributed by atoms with Gasteiger partial charge in [0.15, 0.2) is 0 Å². The summed E-state index contributed by atoms with van der Waals surface area (Å²) >= 11 is 0. The van der Waals surface area contributed by atoms with E-state index in [1.807, 2.05) is 4.90 Å². The first-order chi connectivity index (χ1) is 13.1. The number of nitro groups is 1. The number of nitro benzene ring substituents is 1. The lowest BCUT2D eigenvalue weighted by atomic mass is 9.97. The minimum Gasteiger partial charge on any atom is -0.371 e. The van der Waals surface area contributed by atoms with Crippen LogP contribution in [0, 0.1) is 16.0 Å². The number of rotatable bonds is 7. The number of benzene rings is 1. The molecule has 0 bridgehead atoms. The summed E-state index contributed by atoms with van der Waals surface area (Å²) in [4.78, 5) is 25.2. The predicted octanol–water partition coefficient (Wildman–Crippen LogP) is 3.53. The van der Waals surface area contributed by atoms with Crippen molar-refractivity contribution in [2.75, 3.05) is 31.2 Å². The zero-order chi connectivity index (χ0) is 20.9. The molecule has 1 aromatic carbocycles. The Morgan fingerprint density at radius 1 is 1.39 bits per heavy atom. The molecule has 7 nitrogen and oxygen atoms in total. The van der Waals surface area contributed by atoms with Gasteiger partial charge in [0.1, 0.15) is 6.61 Å². The molecule has 2 rings (SSSR count). The fourth-order valence-electron chi connectivity index (χ4n) is 3.04. The Balaban J connectivity index is 2.13. The van der Waals surface area contributed by atoms with Crippen molar-refractivity contribution >= 4 is 17.3 Å². The number of anilines is 1. The Kier molecular flexibility index (Phi) is 7.22. The number of carbonyl (C=O) groups is 1. The maximum atomic E-state index is 12.7. The third-order valence-corrected chi connectivity index (χ3v) is 4.57. The molecule has 0 aromatic heterocycles. The normalized spacial score (nSPS) is 16.7. The van der Waals surface area contributed by atoms with Gasteiger partial charge in [-0.15, -0.1) is 0 Å². The van der Waals surface area contributed by atoms with Gasteiger partial charge in [0, 0.05) is 31.3 Å². The Hall–Kier alpha value is -2.36. The third kappa shape index (κ3) is 6.36. The Morgan fingerprint density at radius 2 is 2.04 bits per heavy atom. The number of alkyl halides is 3. The summed E-state index contributed by atoms with van der Waals surface area (Å²) in [6.45, 7) is 3.38. The van der Waals surface area contributed by atoms with E-state index in [1.54, 1.807) is 6.07 Å². The monoisotopic (exact) mass is 403 g/mol. The molecule has 0 saturated carbocycles. The number of nitrogens with zero attached hydrogens (tertiary/aromatic N) is 2. The second-order valence-corrected chi connectivity index (χ2v) is 7.13. The molecular weight excluding hydrogens is 379 g/mol. The fraction of sp³-hybridized carbons (Fsp3) is 0.611. The molecule has 1 N–H and O–H groups in total. The maximum absolute atomic E-state index is 12.7. The lowest BCUT2D eigenvalue weighted by Gasteiger charge is -2.33. The smallest absolute Gasteiger partial charge is 0.371 e. The molecule has 0 spiro atoms. The molecule has 0 aliphatic carbocycles. The highest BCUT2D eigenvalue weighted by molar-refractivity contribution is 6.00. The minimum absolute atomic E-state index is 0.131. The second-order valence-electron chi connectivity index (χ2n) is 7.13. The predicted molar refractivity (Wildman–Crippen MR) is 97.5 cm³/mol. The average Bonchev–Trinajstić information content (AvgIpc) is 2.60. The Labute approximate surface area is 161 Å². The lowest BCUT2D eigenvalue weighted by molar-refractivity contribution is -0.384. The van der Waals surface area contributed by atoms with Gasteiger partial charge in [-0.05, 0) is 31.7 Å². The molecule has 10 heteroatoms. The van der Waals surface area contributed by atoms with Crippen LogP contribution < -0.4 is 10.2 Å². The van der Waals surface area contributed by atoms with Crippen LogP contribution >= 0.6 is 0 Å². The standard InChI is InChI=1S/C18H24F3N3O4/c1-12-5-7-23(8-6-12)16-4-3-14(24(26)27)9-15(16)17(25)22-13(2)10-28-11-18(19,20)21/h3-4,9,12-13H,5-8,10-11H2,1-2H3,(H,22,25). The van der Waals surface area contributed by atoms with E-state index in [0.717, 1.165) is 25.9 Å². The SMILES string of the molecule is CC1CCN(c2ccc([N+](=O)[O-])cc2C(=O)NC(C)COCC(F)(F)F)CC1. The molecule has 1 atom stereocenters. The van der Waals surface area contributed by atoms with Crippen molar-refractivity contribution in [3.05, 3.63) is 33.9 Å². The second kappa shape index (κ2) is 9.22. The molecule has 1 amide bonds. The van der Waals surface area contributed by atoms with Crippen LogP contribution in [0.15, 0.2) is 18.2 Å². The topological polar surface area (TPSA) is 84.7 Å². The number of halogens is 3. The van der Waals surface area contributed by atoms with Crippen molar-refractivity contribution in [3.8, 4) is 0 Å². The van der Waals surface area contributed by atoms with Gasteiger partial charge in [0.25, 0.3) is 11.6 Å². The largest absolute Gasteiger partial charge is 0.411 e. The third-order valence-electron chi connectivity index (χ3n) is 4.57. The molecular formula is C18H24F3N3O4. The van der Waals surface area contributed by atoms with E-state index in [1.165, 1.54) is 19.1 Å². The van der Waals surface area contributed by atoms with Crippen LogP contribution in [0.1, 0.15) is 37.0 Å². The number of hydrogen-bond acceptors (Lipinski definition) is 5. The Morgan fingerprint density at radius 3 is 2.61 bits per heavy atom. The van der Waals surface area contributed by atoms with Gasteiger partial charge in [-0.3, -0.25) is 14.9 Å². The first kappa shape index (κ1) is 21.9. The summed E-state index contributed by atoms with van der Waals surface area (Å²) in [5.41, 5.74) is 0.491. The molecule has 1 aliphatic heterocycles. The van der Waals surface area contributed by atoms with Crippen LogP contribution in [-0.2, 0) is 4.74 Å². The van der Waals surface area contributed by atoms with Crippen LogP contribution in [0.3, 0.4) is 0 Å². The van der Waals surface area contributed by atoms with Crippen molar-refractivity contribution in [3.63, 3.8) is 0 Å². The van der Waals surface area contributed by atoms with Gasteiger partial charge < -0.3 is 15.0 Å². The summed E-state index contributed by atoms with van der Waals surface area (Å²) in [5, 5.41) is 13.7. The van der Waals surface area contributed by atoms with E-state index < -0.39 is 29.7 Å². The lowest BCUT2D eigenvalue weighted by Crippen LogP contribution is -2.39. The van der Waals surface area contributed by atoms with Crippen molar-refractivity contribution < 1.29 is 27.6 Å². The van der Waals surface area contributed by atoms with Crippen molar-refractivity contribution in [2.24, 2.45) is 5.92 Å². The summed E-state index contributed by atoms with van der Waals surface area (Å²) < 4.78 is 41.0. The van der Waals surface area contributed by atoms with E-state index in [2.05, 4.69) is 17.0 Å². The van der Waals surface area contributed by atoms with E-state index in [9.17, 15) is 28.1 Å². The number of ether oxygens (including phenoxy) is 1. The summed E-state index contributed by atoms with van der Waals surface area (Å²) in [6.07, 6.45) is -2.55. The number of hydrogen-bond donors (Lipinski definition) is 1. The molecule has 1 saturated heterocycles. The fourth-order valence-corrected chi connectivity index (χ4v) is 3.04. The number of piperidine rings is 1. The van der Waals surface area contributed by atoms with Crippen molar-refractivity contribution in [2.45, 2.75) is 38.9 Å². The van der Waals surface area contributed by atoms with E-state index >= 15 is 0 Å². The van der Waals surface area contributed by atoms with Gasteiger partial charge in [-0.25, -0.2) is 0 Å². The van der Waals surface area contributed by atoms with Crippen LogP contribution in [0.4, 0.5) is 24.5 Å². The summed E-state index contributed by atoms with van der Waals surface area (Å²) in [7, 11) is 0. The van der Waals surface area contributed by atoms with Crippen LogP contribution in [-0.4, -0.2) is 49.4 Å². The molecule has 0 radical (unpaired) electrons. The maximum Gasteiger partial charge on any atom is 0.411 e.